The molecule has 0 aliphatic carbocycles. The van der Waals surface area contributed by atoms with Crippen molar-refractivity contribution in [2.45, 2.75) is 23.5 Å². The van der Waals surface area contributed by atoms with Gasteiger partial charge in [0.05, 0.1) is 27.9 Å². The van der Waals surface area contributed by atoms with Crippen LogP contribution in [-0.2, 0) is 0 Å². The molecule has 0 fully saturated rings. The Morgan fingerprint density at radius 1 is 1.08 bits per heavy atom. The number of thiazole rings is 1. The van der Waals surface area contributed by atoms with Gasteiger partial charge in [0.2, 0.25) is 0 Å². The van der Waals surface area contributed by atoms with Gasteiger partial charge >= 0.3 is 0 Å². The first kappa shape index (κ1) is 17.3. The first-order valence-corrected chi connectivity index (χ1v) is 10.0. The van der Waals surface area contributed by atoms with Gasteiger partial charge in [0, 0.05) is 32.6 Å². The monoisotopic (exact) mass is 381 g/mol. The van der Waals surface area contributed by atoms with Crippen LogP contribution in [0.5, 0.6) is 0 Å². The third-order valence-electron chi connectivity index (χ3n) is 4.10. The van der Waals surface area contributed by atoms with Gasteiger partial charge in [-0.05, 0) is 56.3 Å². The third-order valence-corrected chi connectivity index (χ3v) is 6.08. The molecule has 0 spiro atoms. The van der Waals surface area contributed by atoms with Crippen LogP contribution in [0.3, 0.4) is 0 Å². The van der Waals surface area contributed by atoms with E-state index in [9.17, 15) is 5.11 Å². The fourth-order valence-electron chi connectivity index (χ4n) is 2.74. The van der Waals surface area contributed by atoms with E-state index in [4.69, 9.17) is 0 Å². The van der Waals surface area contributed by atoms with Crippen LogP contribution in [0.15, 0.2) is 59.1 Å². The highest BCUT2D eigenvalue weighted by Crippen LogP contribution is 2.35. The highest BCUT2D eigenvalue weighted by Gasteiger charge is 2.18. The highest BCUT2D eigenvalue weighted by molar-refractivity contribution is 8.00. The summed E-state index contributed by atoms with van der Waals surface area (Å²) in [5, 5.41) is 14.1. The van der Waals surface area contributed by atoms with Crippen molar-refractivity contribution in [1.29, 1.82) is 0 Å². The van der Waals surface area contributed by atoms with Crippen LogP contribution in [0.4, 0.5) is 11.4 Å². The molecule has 2 aromatic heterocycles. The largest absolute Gasteiger partial charge is 0.395 e. The zero-order valence-corrected chi connectivity index (χ0v) is 16.2. The number of hydrogen-bond acceptors (Lipinski definition) is 6. The number of nitrogens with one attached hydrogen (secondary N) is 1. The third kappa shape index (κ3) is 3.53. The molecule has 0 radical (unpaired) electrons. The van der Waals surface area contributed by atoms with Gasteiger partial charge in [0.15, 0.2) is 0 Å². The van der Waals surface area contributed by atoms with Crippen LogP contribution < -0.4 is 5.32 Å². The van der Waals surface area contributed by atoms with E-state index in [0.717, 1.165) is 32.7 Å². The Morgan fingerprint density at radius 3 is 2.81 bits per heavy atom. The first-order valence-electron chi connectivity index (χ1n) is 8.33. The summed E-state index contributed by atoms with van der Waals surface area (Å²) in [4.78, 5) is 9.97. The molecular formula is C20H19N3OS2. The van der Waals surface area contributed by atoms with Gasteiger partial charge in [0.1, 0.15) is 0 Å². The van der Waals surface area contributed by atoms with Gasteiger partial charge < -0.3 is 10.4 Å². The van der Waals surface area contributed by atoms with Crippen molar-refractivity contribution >= 4 is 55.6 Å². The summed E-state index contributed by atoms with van der Waals surface area (Å²) in [6, 6.07) is 14.4. The summed E-state index contributed by atoms with van der Waals surface area (Å²) < 4.78 is 0.958. The van der Waals surface area contributed by atoms with Gasteiger partial charge in [-0.15, -0.1) is 23.1 Å². The van der Waals surface area contributed by atoms with E-state index >= 15 is 0 Å². The number of aliphatic hydroxyl groups is 1. The zero-order valence-electron chi connectivity index (χ0n) is 14.6. The summed E-state index contributed by atoms with van der Waals surface area (Å²) in [6.07, 6.45) is 1.82. The molecule has 2 N–H and O–H groups in total. The maximum Gasteiger partial charge on any atom is 0.0832 e. The maximum atomic E-state index is 9.54. The van der Waals surface area contributed by atoms with Crippen molar-refractivity contribution in [3.8, 4) is 0 Å². The molecule has 4 aromatic rings. The van der Waals surface area contributed by atoms with E-state index in [-0.39, 0.29) is 11.4 Å². The Morgan fingerprint density at radius 2 is 1.96 bits per heavy atom. The minimum Gasteiger partial charge on any atom is -0.395 e. The van der Waals surface area contributed by atoms with Crippen LogP contribution in [0.25, 0.3) is 21.1 Å². The van der Waals surface area contributed by atoms with Crippen molar-refractivity contribution in [2.75, 3.05) is 11.9 Å². The van der Waals surface area contributed by atoms with Gasteiger partial charge in [-0.2, -0.15) is 0 Å². The number of hydrogen-bond donors (Lipinski definition) is 2. The Hall–Kier alpha value is -2.15. The predicted octanol–water partition coefficient (Wildman–Crippen LogP) is 5.45. The molecule has 0 saturated carbocycles. The van der Waals surface area contributed by atoms with E-state index in [1.54, 1.807) is 23.1 Å². The van der Waals surface area contributed by atoms with Crippen LogP contribution in [0, 0.1) is 0 Å². The number of anilines is 2. The van der Waals surface area contributed by atoms with Gasteiger partial charge in [-0.3, -0.25) is 4.98 Å². The molecule has 132 valence electrons. The smallest absolute Gasteiger partial charge is 0.0832 e. The summed E-state index contributed by atoms with van der Waals surface area (Å²) in [7, 11) is 0. The Kier molecular flexibility index (Phi) is 4.56. The molecule has 0 unspecified atom stereocenters. The molecule has 4 rings (SSSR count). The maximum absolute atomic E-state index is 9.54. The van der Waals surface area contributed by atoms with Crippen molar-refractivity contribution in [1.82, 2.24) is 9.97 Å². The molecule has 0 bridgehead atoms. The van der Waals surface area contributed by atoms with Crippen molar-refractivity contribution in [3.05, 3.63) is 54.2 Å². The SMILES string of the molecule is CC(C)(CO)Sc1ccc2nccc(Nc3ccc4scnc4c3)c2c1. The summed E-state index contributed by atoms with van der Waals surface area (Å²) in [6.45, 7) is 4.20. The quantitative estimate of drug-likeness (QED) is 0.450. The molecule has 0 saturated heterocycles. The van der Waals surface area contributed by atoms with E-state index in [2.05, 4.69) is 45.6 Å². The second-order valence-corrected chi connectivity index (χ2v) is 9.38. The minimum atomic E-state index is -0.223. The molecule has 26 heavy (non-hydrogen) atoms. The number of pyridine rings is 1. The summed E-state index contributed by atoms with van der Waals surface area (Å²) in [5.74, 6) is 0. The van der Waals surface area contributed by atoms with Gasteiger partial charge in [-0.1, -0.05) is 0 Å². The molecule has 2 aromatic carbocycles. The second-order valence-electron chi connectivity index (χ2n) is 6.72. The van der Waals surface area contributed by atoms with Gasteiger partial charge in [0.25, 0.3) is 0 Å². The molecule has 0 aliphatic rings. The number of thioether (sulfide) groups is 1. The van der Waals surface area contributed by atoms with E-state index in [0.29, 0.717) is 0 Å². The van der Waals surface area contributed by atoms with Gasteiger partial charge in [-0.25, -0.2) is 4.98 Å². The number of nitrogens with zero attached hydrogens (tertiary/aromatic N) is 2. The number of benzene rings is 2. The average Bonchev–Trinajstić information content (AvgIpc) is 3.10. The second kappa shape index (κ2) is 6.87. The average molecular weight is 382 g/mol. The lowest BCUT2D eigenvalue weighted by Gasteiger charge is -2.21. The van der Waals surface area contributed by atoms with Crippen LogP contribution in [-0.4, -0.2) is 26.4 Å². The molecule has 6 heteroatoms. The molecular weight excluding hydrogens is 362 g/mol. The van der Waals surface area contributed by atoms with E-state index < -0.39 is 0 Å². The van der Waals surface area contributed by atoms with E-state index in [1.165, 1.54) is 4.70 Å². The van der Waals surface area contributed by atoms with Crippen molar-refractivity contribution in [2.24, 2.45) is 0 Å². The number of aromatic nitrogens is 2. The fraction of sp³-hybridized carbons (Fsp3) is 0.200. The summed E-state index contributed by atoms with van der Waals surface area (Å²) >= 11 is 3.31. The molecule has 4 nitrogen and oxygen atoms in total. The van der Waals surface area contributed by atoms with Crippen molar-refractivity contribution < 1.29 is 5.11 Å². The summed E-state index contributed by atoms with van der Waals surface area (Å²) in [5.41, 5.74) is 5.82. The normalized spacial score (nSPS) is 12.0. The van der Waals surface area contributed by atoms with E-state index in [1.807, 2.05) is 37.7 Å². The topological polar surface area (TPSA) is 58.0 Å². The molecule has 0 amide bonds. The lowest BCUT2D eigenvalue weighted by molar-refractivity contribution is 0.265. The lowest BCUT2D eigenvalue weighted by atomic mass is 10.2. The minimum absolute atomic E-state index is 0.126. The Labute approximate surface area is 160 Å². The van der Waals surface area contributed by atoms with Crippen molar-refractivity contribution in [3.63, 3.8) is 0 Å². The predicted molar refractivity (Wildman–Crippen MR) is 112 cm³/mol. The lowest BCUT2D eigenvalue weighted by Crippen LogP contribution is -2.19. The van der Waals surface area contributed by atoms with Crippen LogP contribution in [0.2, 0.25) is 0 Å². The standard InChI is InChI=1S/C20H19N3OS2/c1-20(2,11-24)26-14-4-5-16-15(10-14)17(7-8-21-16)23-13-3-6-19-18(9-13)22-12-25-19/h3-10,12,24H,11H2,1-2H3,(H,21,23). The molecule has 0 aliphatic heterocycles. The number of rotatable bonds is 5. The molecule has 2 heterocycles. The first-order chi connectivity index (χ1) is 12.5. The number of aliphatic hydroxyl groups excluding tert-OH is 1. The zero-order chi connectivity index (χ0) is 18.1. The Bertz CT molecular complexity index is 1070. The van der Waals surface area contributed by atoms with Crippen LogP contribution in [0.1, 0.15) is 13.8 Å². The highest BCUT2D eigenvalue weighted by atomic mass is 32.2. The van der Waals surface area contributed by atoms with Crippen LogP contribution >= 0.6 is 23.1 Å². The molecule has 0 atom stereocenters. The Balaban J connectivity index is 1.71. The fourth-order valence-corrected chi connectivity index (χ4v) is 4.41. The number of fused-ring (bicyclic) bond motifs is 2.